The molecule has 0 aliphatic heterocycles. The molecule has 0 radical (unpaired) electrons. The van der Waals surface area contributed by atoms with Crippen LogP contribution in [0.1, 0.15) is 38.5 Å². The van der Waals surface area contributed by atoms with E-state index in [1.807, 2.05) is 0 Å². The van der Waals surface area contributed by atoms with Crippen molar-refractivity contribution in [2.75, 3.05) is 26.2 Å². The van der Waals surface area contributed by atoms with Crippen molar-refractivity contribution in [3.8, 4) is 0 Å². The zero-order valence-corrected chi connectivity index (χ0v) is 10.9. The lowest BCUT2D eigenvalue weighted by Gasteiger charge is -2.05. The van der Waals surface area contributed by atoms with Crippen LogP contribution in [-0.2, 0) is 9.59 Å². The van der Waals surface area contributed by atoms with Crippen molar-refractivity contribution in [1.29, 1.82) is 0 Å². The molecule has 0 unspecified atom stereocenters. The maximum Gasteiger partial charge on any atom is 0.303 e. The van der Waals surface area contributed by atoms with Crippen LogP contribution in [0.4, 0.5) is 0 Å². The number of amides is 1. The van der Waals surface area contributed by atoms with Crippen LogP contribution in [0.25, 0.3) is 0 Å². The molecule has 0 saturated carbocycles. The van der Waals surface area contributed by atoms with Gasteiger partial charge in [-0.3, -0.25) is 9.59 Å². The molecule has 6 nitrogen and oxygen atoms in total. The highest BCUT2D eigenvalue weighted by atomic mass is 16.4. The summed E-state index contributed by atoms with van der Waals surface area (Å²) >= 11 is 0. The van der Waals surface area contributed by atoms with Gasteiger partial charge < -0.3 is 21.5 Å². The average Bonchev–Trinajstić information content (AvgIpc) is 2.32. The van der Waals surface area contributed by atoms with Crippen LogP contribution in [0.2, 0.25) is 0 Å². The molecule has 1 amide bonds. The van der Waals surface area contributed by atoms with Gasteiger partial charge in [-0.2, -0.15) is 0 Å². The molecule has 18 heavy (non-hydrogen) atoms. The van der Waals surface area contributed by atoms with Crippen LogP contribution in [0.3, 0.4) is 0 Å². The van der Waals surface area contributed by atoms with Gasteiger partial charge in [0.15, 0.2) is 0 Å². The molecular weight excluding hydrogens is 234 g/mol. The van der Waals surface area contributed by atoms with Gasteiger partial charge in [0.1, 0.15) is 0 Å². The van der Waals surface area contributed by atoms with Crippen molar-refractivity contribution in [2.24, 2.45) is 5.73 Å². The van der Waals surface area contributed by atoms with Crippen LogP contribution in [0.5, 0.6) is 0 Å². The van der Waals surface area contributed by atoms with Crippen molar-refractivity contribution in [1.82, 2.24) is 10.6 Å². The molecule has 0 atom stereocenters. The smallest absolute Gasteiger partial charge is 0.303 e. The first-order chi connectivity index (χ1) is 8.66. The van der Waals surface area contributed by atoms with Gasteiger partial charge >= 0.3 is 5.97 Å². The summed E-state index contributed by atoms with van der Waals surface area (Å²) < 4.78 is 0. The normalized spacial score (nSPS) is 10.3. The summed E-state index contributed by atoms with van der Waals surface area (Å²) in [6, 6.07) is 0. The maximum absolute atomic E-state index is 11.3. The van der Waals surface area contributed by atoms with E-state index in [2.05, 4.69) is 10.6 Å². The van der Waals surface area contributed by atoms with E-state index in [0.717, 1.165) is 32.4 Å². The molecule has 0 bridgehead atoms. The quantitative estimate of drug-likeness (QED) is 0.371. The molecule has 0 aromatic rings. The molecule has 0 spiro atoms. The molecule has 0 aliphatic carbocycles. The maximum atomic E-state index is 11.3. The molecule has 0 fully saturated rings. The number of rotatable bonds is 12. The highest BCUT2D eigenvalue weighted by Crippen LogP contribution is 1.95. The summed E-state index contributed by atoms with van der Waals surface area (Å²) in [6.07, 6.45) is 3.68. The molecule has 0 rings (SSSR count). The van der Waals surface area contributed by atoms with E-state index < -0.39 is 5.97 Å². The number of carbonyl (C=O) groups excluding carboxylic acids is 1. The Morgan fingerprint density at radius 3 is 2.28 bits per heavy atom. The Labute approximate surface area is 108 Å². The largest absolute Gasteiger partial charge is 0.481 e. The van der Waals surface area contributed by atoms with Crippen molar-refractivity contribution < 1.29 is 14.7 Å². The Balaban J connectivity index is 3.17. The molecule has 5 N–H and O–H groups in total. The molecule has 6 heteroatoms. The topological polar surface area (TPSA) is 104 Å². The van der Waals surface area contributed by atoms with E-state index in [9.17, 15) is 9.59 Å². The standard InChI is InChI=1S/C12H25N3O3/c13-7-4-9-14-8-1-2-10-15-11(16)5-3-6-12(17)18/h14H,1-10,13H2,(H,15,16)(H,17,18). The number of unbranched alkanes of at least 4 members (excludes halogenated alkanes) is 1. The monoisotopic (exact) mass is 259 g/mol. The third-order valence-electron chi connectivity index (χ3n) is 2.45. The summed E-state index contributed by atoms with van der Waals surface area (Å²) in [4.78, 5) is 21.5. The number of hydrogen-bond acceptors (Lipinski definition) is 4. The van der Waals surface area contributed by atoms with Gasteiger partial charge in [-0.05, 0) is 45.3 Å². The molecule has 0 aromatic heterocycles. The zero-order valence-electron chi connectivity index (χ0n) is 10.9. The Kier molecular flexibility index (Phi) is 11.5. The Morgan fingerprint density at radius 1 is 0.944 bits per heavy atom. The van der Waals surface area contributed by atoms with Crippen LogP contribution >= 0.6 is 0 Å². The van der Waals surface area contributed by atoms with Gasteiger partial charge in [-0.25, -0.2) is 0 Å². The predicted molar refractivity (Wildman–Crippen MR) is 70.3 cm³/mol. The van der Waals surface area contributed by atoms with E-state index in [1.165, 1.54) is 0 Å². The Morgan fingerprint density at radius 2 is 1.61 bits per heavy atom. The first-order valence-corrected chi connectivity index (χ1v) is 6.56. The molecule has 0 heterocycles. The summed E-state index contributed by atoms with van der Waals surface area (Å²) in [6.45, 7) is 3.25. The number of aliphatic carboxylic acids is 1. The minimum Gasteiger partial charge on any atom is -0.481 e. The van der Waals surface area contributed by atoms with E-state index in [0.29, 0.717) is 25.9 Å². The number of hydrogen-bond donors (Lipinski definition) is 4. The van der Waals surface area contributed by atoms with E-state index in [4.69, 9.17) is 10.8 Å². The van der Waals surface area contributed by atoms with E-state index in [1.54, 1.807) is 0 Å². The second kappa shape index (κ2) is 12.3. The van der Waals surface area contributed by atoms with Gasteiger partial charge in [0.25, 0.3) is 0 Å². The Hall–Kier alpha value is -1.14. The van der Waals surface area contributed by atoms with Gasteiger partial charge in [0.05, 0.1) is 0 Å². The SMILES string of the molecule is NCCCNCCCCNC(=O)CCCC(=O)O. The van der Waals surface area contributed by atoms with Crippen LogP contribution in [-0.4, -0.2) is 43.2 Å². The van der Waals surface area contributed by atoms with Crippen molar-refractivity contribution >= 4 is 11.9 Å². The summed E-state index contributed by atoms with van der Waals surface area (Å²) in [5.74, 6) is -0.918. The van der Waals surface area contributed by atoms with Crippen molar-refractivity contribution in [3.05, 3.63) is 0 Å². The minimum absolute atomic E-state index is 0.0541. The van der Waals surface area contributed by atoms with Crippen LogP contribution < -0.4 is 16.4 Å². The predicted octanol–water partition coefficient (Wildman–Crippen LogP) is 0.0761. The van der Waals surface area contributed by atoms with Gasteiger partial charge in [-0.15, -0.1) is 0 Å². The fourth-order valence-electron chi connectivity index (χ4n) is 1.44. The van der Waals surface area contributed by atoms with E-state index in [-0.39, 0.29) is 12.3 Å². The zero-order chi connectivity index (χ0) is 13.6. The fraction of sp³-hybridized carbons (Fsp3) is 0.833. The summed E-state index contributed by atoms with van der Waals surface area (Å²) in [5.41, 5.74) is 5.36. The lowest BCUT2D eigenvalue weighted by Crippen LogP contribution is -2.25. The van der Waals surface area contributed by atoms with Gasteiger partial charge in [-0.1, -0.05) is 0 Å². The molecule has 0 aromatic carbocycles. The number of carboxylic acid groups (broad SMARTS) is 1. The molecular formula is C12H25N3O3. The van der Waals surface area contributed by atoms with Gasteiger partial charge in [0, 0.05) is 19.4 Å². The highest BCUT2D eigenvalue weighted by molar-refractivity contribution is 5.76. The first-order valence-electron chi connectivity index (χ1n) is 6.56. The fourth-order valence-corrected chi connectivity index (χ4v) is 1.44. The lowest BCUT2D eigenvalue weighted by molar-refractivity contribution is -0.137. The molecule has 106 valence electrons. The minimum atomic E-state index is -0.855. The van der Waals surface area contributed by atoms with Crippen molar-refractivity contribution in [2.45, 2.75) is 38.5 Å². The molecule has 0 aliphatic rings. The average molecular weight is 259 g/mol. The number of carbonyl (C=O) groups is 2. The second-order valence-corrected chi connectivity index (χ2v) is 4.20. The van der Waals surface area contributed by atoms with Gasteiger partial charge in [0.2, 0.25) is 5.91 Å². The third-order valence-corrected chi connectivity index (χ3v) is 2.45. The second-order valence-electron chi connectivity index (χ2n) is 4.20. The molecule has 0 saturated heterocycles. The summed E-state index contributed by atoms with van der Waals surface area (Å²) in [5, 5.41) is 14.5. The Bertz CT molecular complexity index is 235. The summed E-state index contributed by atoms with van der Waals surface area (Å²) in [7, 11) is 0. The van der Waals surface area contributed by atoms with Crippen LogP contribution in [0, 0.1) is 0 Å². The first kappa shape index (κ1) is 16.9. The number of carboxylic acids is 1. The van der Waals surface area contributed by atoms with Crippen molar-refractivity contribution in [3.63, 3.8) is 0 Å². The third kappa shape index (κ3) is 12.9. The highest BCUT2D eigenvalue weighted by Gasteiger charge is 2.02. The van der Waals surface area contributed by atoms with Crippen LogP contribution in [0.15, 0.2) is 0 Å². The number of nitrogens with one attached hydrogen (secondary N) is 2. The number of nitrogens with two attached hydrogens (primary N) is 1. The lowest BCUT2D eigenvalue weighted by atomic mass is 10.2. The van der Waals surface area contributed by atoms with E-state index >= 15 is 0 Å².